The second-order valence-corrected chi connectivity index (χ2v) is 5.79. The van der Waals surface area contributed by atoms with Crippen molar-refractivity contribution in [2.24, 2.45) is 0 Å². The van der Waals surface area contributed by atoms with Gasteiger partial charge in [0.1, 0.15) is 4.88 Å². The first kappa shape index (κ1) is 16.0. The molecule has 5 heteroatoms. The fourth-order valence-corrected chi connectivity index (χ4v) is 3.06. The Hall–Kier alpha value is -1.10. The predicted octanol–water partition coefficient (Wildman–Crippen LogP) is 3.98. The summed E-state index contributed by atoms with van der Waals surface area (Å²) in [6, 6.07) is 0. The van der Waals surface area contributed by atoms with Crippen LogP contribution < -0.4 is 4.90 Å². The zero-order chi connectivity index (χ0) is 14.4. The molecule has 0 saturated heterocycles. The van der Waals surface area contributed by atoms with E-state index in [2.05, 4.69) is 30.7 Å². The summed E-state index contributed by atoms with van der Waals surface area (Å²) in [7, 11) is 0. The minimum absolute atomic E-state index is 0.196. The standard InChI is InChI=1S/C14H24N2O2S/c1-5-8-16(9-6-2)14-15-11(10(4)7-3)12(19-14)13(17)18/h10H,5-9H2,1-4H3,(H,17,18). The maximum absolute atomic E-state index is 11.3. The average Bonchev–Trinajstić information content (AvgIpc) is 2.82. The van der Waals surface area contributed by atoms with Crippen molar-refractivity contribution < 1.29 is 9.90 Å². The molecular formula is C14H24N2O2S. The van der Waals surface area contributed by atoms with Gasteiger partial charge in [-0.25, -0.2) is 9.78 Å². The summed E-state index contributed by atoms with van der Waals surface area (Å²) >= 11 is 1.31. The van der Waals surface area contributed by atoms with Crippen LogP contribution in [0.15, 0.2) is 0 Å². The van der Waals surface area contributed by atoms with Crippen molar-refractivity contribution in [2.75, 3.05) is 18.0 Å². The zero-order valence-corrected chi connectivity index (χ0v) is 13.1. The molecule has 0 aliphatic rings. The van der Waals surface area contributed by atoms with Gasteiger partial charge in [0, 0.05) is 13.1 Å². The number of anilines is 1. The van der Waals surface area contributed by atoms with Crippen LogP contribution in [0.3, 0.4) is 0 Å². The third-order valence-electron chi connectivity index (χ3n) is 3.17. The van der Waals surface area contributed by atoms with E-state index < -0.39 is 5.97 Å². The van der Waals surface area contributed by atoms with E-state index in [1.807, 2.05) is 6.92 Å². The van der Waals surface area contributed by atoms with Gasteiger partial charge in [-0.05, 0) is 25.2 Å². The van der Waals surface area contributed by atoms with Crippen LogP contribution in [-0.2, 0) is 0 Å². The molecule has 108 valence electrons. The summed E-state index contributed by atoms with van der Waals surface area (Å²) in [5, 5.41) is 10.2. The van der Waals surface area contributed by atoms with Crippen LogP contribution in [0.2, 0.25) is 0 Å². The SMILES string of the molecule is CCCN(CCC)c1nc(C(C)CC)c(C(=O)O)s1. The van der Waals surface area contributed by atoms with Gasteiger partial charge in [-0.2, -0.15) is 0 Å². The lowest BCUT2D eigenvalue weighted by molar-refractivity contribution is 0.0700. The quantitative estimate of drug-likeness (QED) is 0.784. The van der Waals surface area contributed by atoms with Crippen LogP contribution in [0.4, 0.5) is 5.13 Å². The number of thiazole rings is 1. The molecule has 0 aliphatic heterocycles. The zero-order valence-electron chi connectivity index (χ0n) is 12.3. The fraction of sp³-hybridized carbons (Fsp3) is 0.714. The van der Waals surface area contributed by atoms with E-state index in [0.717, 1.165) is 43.2 Å². The Morgan fingerprint density at radius 2 is 1.89 bits per heavy atom. The highest BCUT2D eigenvalue weighted by molar-refractivity contribution is 7.17. The molecule has 0 saturated carbocycles. The van der Waals surface area contributed by atoms with E-state index in [0.29, 0.717) is 4.88 Å². The number of carboxylic acids is 1. The summed E-state index contributed by atoms with van der Waals surface area (Å²) in [6.45, 7) is 10.2. The van der Waals surface area contributed by atoms with Crippen LogP contribution in [0.1, 0.15) is 68.2 Å². The maximum atomic E-state index is 11.3. The fourth-order valence-electron chi connectivity index (χ4n) is 1.98. The van der Waals surface area contributed by atoms with Crippen molar-refractivity contribution in [1.29, 1.82) is 0 Å². The second-order valence-electron chi connectivity index (χ2n) is 4.81. The first-order valence-electron chi connectivity index (χ1n) is 7.03. The summed E-state index contributed by atoms with van der Waals surface area (Å²) in [5.74, 6) is -0.659. The molecule has 1 rings (SSSR count). The van der Waals surface area contributed by atoms with Crippen LogP contribution in [0.25, 0.3) is 0 Å². The minimum atomic E-state index is -0.855. The van der Waals surface area contributed by atoms with Gasteiger partial charge in [0.25, 0.3) is 0 Å². The molecule has 0 aliphatic carbocycles. The van der Waals surface area contributed by atoms with Gasteiger partial charge in [0.15, 0.2) is 5.13 Å². The van der Waals surface area contributed by atoms with Crippen LogP contribution in [0, 0.1) is 0 Å². The Morgan fingerprint density at radius 1 is 1.32 bits per heavy atom. The summed E-state index contributed by atoms with van der Waals surface area (Å²) in [5.41, 5.74) is 0.743. The average molecular weight is 284 g/mol. The van der Waals surface area contributed by atoms with E-state index in [1.54, 1.807) is 0 Å². The van der Waals surface area contributed by atoms with E-state index in [1.165, 1.54) is 11.3 Å². The van der Waals surface area contributed by atoms with Crippen molar-refractivity contribution in [3.63, 3.8) is 0 Å². The number of hydrogen-bond donors (Lipinski definition) is 1. The predicted molar refractivity (Wildman–Crippen MR) is 80.6 cm³/mol. The smallest absolute Gasteiger partial charge is 0.347 e. The third kappa shape index (κ3) is 3.93. The Kier molecular flexibility index (Phi) is 6.28. The Labute approximate surface area is 119 Å². The lowest BCUT2D eigenvalue weighted by Crippen LogP contribution is -2.24. The van der Waals surface area contributed by atoms with Crippen molar-refractivity contribution >= 4 is 22.4 Å². The van der Waals surface area contributed by atoms with Crippen molar-refractivity contribution in [2.45, 2.75) is 52.9 Å². The first-order valence-corrected chi connectivity index (χ1v) is 7.85. The molecular weight excluding hydrogens is 260 g/mol. The highest BCUT2D eigenvalue weighted by atomic mass is 32.1. The van der Waals surface area contributed by atoms with Crippen molar-refractivity contribution in [3.05, 3.63) is 10.6 Å². The molecule has 1 heterocycles. The number of carbonyl (C=O) groups is 1. The molecule has 19 heavy (non-hydrogen) atoms. The number of hydrogen-bond acceptors (Lipinski definition) is 4. The highest BCUT2D eigenvalue weighted by Crippen LogP contribution is 2.32. The molecule has 0 bridgehead atoms. The van der Waals surface area contributed by atoms with Crippen molar-refractivity contribution in [3.8, 4) is 0 Å². The van der Waals surface area contributed by atoms with Gasteiger partial charge in [0.05, 0.1) is 5.69 Å². The first-order chi connectivity index (χ1) is 9.04. The molecule has 0 fully saturated rings. The van der Waals surface area contributed by atoms with Gasteiger partial charge >= 0.3 is 5.97 Å². The summed E-state index contributed by atoms with van der Waals surface area (Å²) in [4.78, 5) is 18.6. The molecule has 0 aromatic carbocycles. The molecule has 1 aromatic heterocycles. The van der Waals surface area contributed by atoms with Crippen LogP contribution in [-0.4, -0.2) is 29.1 Å². The normalized spacial score (nSPS) is 12.4. The number of carboxylic acid groups (broad SMARTS) is 1. The Balaban J connectivity index is 3.10. The largest absolute Gasteiger partial charge is 0.477 e. The third-order valence-corrected chi connectivity index (χ3v) is 4.29. The van der Waals surface area contributed by atoms with Crippen molar-refractivity contribution in [1.82, 2.24) is 4.98 Å². The monoisotopic (exact) mass is 284 g/mol. The van der Waals surface area contributed by atoms with Gasteiger partial charge < -0.3 is 10.0 Å². The molecule has 1 N–H and O–H groups in total. The lowest BCUT2D eigenvalue weighted by Gasteiger charge is -2.20. The van der Waals surface area contributed by atoms with Gasteiger partial charge in [0.2, 0.25) is 0 Å². The minimum Gasteiger partial charge on any atom is -0.477 e. The topological polar surface area (TPSA) is 53.4 Å². The molecule has 0 spiro atoms. The van der Waals surface area contributed by atoms with Crippen LogP contribution >= 0.6 is 11.3 Å². The Bertz CT molecular complexity index is 412. The van der Waals surface area contributed by atoms with Gasteiger partial charge in [-0.1, -0.05) is 39.0 Å². The van der Waals surface area contributed by atoms with E-state index >= 15 is 0 Å². The van der Waals surface area contributed by atoms with Gasteiger partial charge in [-0.15, -0.1) is 0 Å². The van der Waals surface area contributed by atoms with E-state index in [9.17, 15) is 9.90 Å². The number of rotatable bonds is 8. The van der Waals surface area contributed by atoms with E-state index in [4.69, 9.17) is 0 Å². The maximum Gasteiger partial charge on any atom is 0.347 e. The number of nitrogens with zero attached hydrogens (tertiary/aromatic N) is 2. The van der Waals surface area contributed by atoms with Gasteiger partial charge in [-0.3, -0.25) is 0 Å². The summed E-state index contributed by atoms with van der Waals surface area (Å²) in [6.07, 6.45) is 2.99. The molecule has 1 unspecified atom stereocenters. The summed E-state index contributed by atoms with van der Waals surface area (Å²) < 4.78 is 0. The van der Waals surface area contributed by atoms with E-state index in [-0.39, 0.29) is 5.92 Å². The Morgan fingerprint density at radius 3 is 2.32 bits per heavy atom. The number of aromatic nitrogens is 1. The molecule has 1 atom stereocenters. The highest BCUT2D eigenvalue weighted by Gasteiger charge is 2.23. The molecule has 4 nitrogen and oxygen atoms in total. The lowest BCUT2D eigenvalue weighted by atomic mass is 10.0. The second kappa shape index (κ2) is 7.48. The molecule has 0 amide bonds. The molecule has 1 aromatic rings. The van der Waals surface area contributed by atoms with Crippen LogP contribution in [0.5, 0.6) is 0 Å². The number of aromatic carboxylic acids is 1. The molecule has 0 radical (unpaired) electrons.